The second kappa shape index (κ2) is 14.9. The molecule has 3 rings (SSSR count). The Labute approximate surface area is 259 Å². The molecule has 0 unspecified atom stereocenters. The summed E-state index contributed by atoms with van der Waals surface area (Å²) in [4.78, 5) is 29.1. The molecule has 0 saturated carbocycles. The number of carbonyl (C=O) groups excluding carboxylic acids is 2. The molecule has 0 aromatic heterocycles. The van der Waals surface area contributed by atoms with Crippen molar-refractivity contribution in [3.63, 3.8) is 0 Å². The fraction of sp³-hybridized carbons (Fsp3) is 0.375. The van der Waals surface area contributed by atoms with E-state index in [2.05, 4.69) is 5.32 Å². The number of sulfonamides is 1. The first-order valence-corrected chi connectivity index (χ1v) is 16.3. The van der Waals surface area contributed by atoms with Crippen molar-refractivity contribution in [3.05, 3.63) is 94.0 Å². The molecule has 226 valence electrons. The highest BCUT2D eigenvalue weighted by atomic mass is 35.5. The van der Waals surface area contributed by atoms with Gasteiger partial charge in [-0.2, -0.15) is 0 Å². The fourth-order valence-electron chi connectivity index (χ4n) is 4.47. The molecular weight excluding hydrogens is 593 g/mol. The highest BCUT2D eigenvalue weighted by molar-refractivity contribution is 7.92. The van der Waals surface area contributed by atoms with Crippen molar-refractivity contribution in [3.8, 4) is 0 Å². The average molecular weight is 633 g/mol. The Hall–Kier alpha value is -3.07. The molecule has 0 radical (unpaired) electrons. The lowest BCUT2D eigenvalue weighted by Gasteiger charge is -2.34. The summed E-state index contributed by atoms with van der Waals surface area (Å²) in [6.07, 6.45) is 1.03. The molecule has 0 fully saturated rings. The minimum absolute atomic E-state index is 0.00716. The summed E-state index contributed by atoms with van der Waals surface area (Å²) in [6.45, 7) is 9.23. The zero-order chi connectivity index (χ0) is 31.0. The van der Waals surface area contributed by atoms with Crippen LogP contribution in [-0.2, 0) is 26.2 Å². The summed E-state index contributed by atoms with van der Waals surface area (Å²) in [6, 6.07) is 19.1. The molecule has 0 heterocycles. The zero-order valence-corrected chi connectivity index (χ0v) is 27.0. The van der Waals surface area contributed by atoms with Crippen molar-refractivity contribution in [2.75, 3.05) is 10.8 Å². The standard InChI is InChI=1S/C32H39Cl2N3O4S/c1-6-23(5)35-32(39)30(7-2)36(20-25-13-16-26(33)19-29(25)34)31(38)21-37(27-17-14-24(15-18-27)22(3)4)42(40,41)28-11-9-8-10-12-28/h8-19,22-23,30H,6-7,20-21H2,1-5H3,(H,35,39)/t23-,30-/m0/s1. The normalized spacial score (nSPS) is 13.0. The Morgan fingerprint density at radius 1 is 0.881 bits per heavy atom. The number of anilines is 1. The number of rotatable bonds is 13. The van der Waals surface area contributed by atoms with E-state index in [0.717, 1.165) is 9.87 Å². The van der Waals surface area contributed by atoms with Crippen LogP contribution in [0, 0.1) is 0 Å². The van der Waals surface area contributed by atoms with Crippen molar-refractivity contribution in [1.29, 1.82) is 0 Å². The lowest BCUT2D eigenvalue weighted by molar-refractivity contribution is -0.140. The molecule has 0 aliphatic heterocycles. The third-order valence-corrected chi connectivity index (χ3v) is 9.58. The lowest BCUT2D eigenvalue weighted by atomic mass is 10.0. The van der Waals surface area contributed by atoms with Crippen LogP contribution in [0.5, 0.6) is 0 Å². The first-order valence-electron chi connectivity index (χ1n) is 14.1. The maximum absolute atomic E-state index is 14.2. The van der Waals surface area contributed by atoms with Gasteiger partial charge in [0.15, 0.2) is 0 Å². The van der Waals surface area contributed by atoms with Crippen LogP contribution in [0.25, 0.3) is 0 Å². The largest absolute Gasteiger partial charge is 0.352 e. The lowest BCUT2D eigenvalue weighted by Crippen LogP contribution is -2.53. The summed E-state index contributed by atoms with van der Waals surface area (Å²) in [7, 11) is -4.14. The first-order chi connectivity index (χ1) is 19.9. The maximum Gasteiger partial charge on any atom is 0.264 e. The van der Waals surface area contributed by atoms with Gasteiger partial charge in [0.25, 0.3) is 10.0 Å². The van der Waals surface area contributed by atoms with Crippen LogP contribution < -0.4 is 9.62 Å². The highest BCUT2D eigenvalue weighted by Gasteiger charge is 2.34. The van der Waals surface area contributed by atoms with Crippen LogP contribution in [-0.4, -0.2) is 43.8 Å². The Morgan fingerprint density at radius 3 is 2.07 bits per heavy atom. The molecule has 10 heteroatoms. The molecule has 1 N–H and O–H groups in total. The van der Waals surface area contributed by atoms with E-state index in [0.29, 0.717) is 34.1 Å². The van der Waals surface area contributed by atoms with Crippen molar-refractivity contribution in [1.82, 2.24) is 10.2 Å². The van der Waals surface area contributed by atoms with Crippen molar-refractivity contribution >= 4 is 50.7 Å². The summed E-state index contributed by atoms with van der Waals surface area (Å²) >= 11 is 12.6. The van der Waals surface area contributed by atoms with Gasteiger partial charge in [0.05, 0.1) is 10.6 Å². The van der Waals surface area contributed by atoms with Crippen molar-refractivity contribution in [2.45, 2.75) is 76.9 Å². The average Bonchev–Trinajstić information content (AvgIpc) is 2.97. The van der Waals surface area contributed by atoms with Gasteiger partial charge >= 0.3 is 0 Å². The van der Waals surface area contributed by atoms with Gasteiger partial charge in [0.2, 0.25) is 11.8 Å². The third-order valence-electron chi connectivity index (χ3n) is 7.20. The predicted octanol–water partition coefficient (Wildman–Crippen LogP) is 7.03. The summed E-state index contributed by atoms with van der Waals surface area (Å²) in [5.41, 5.74) is 1.97. The van der Waals surface area contributed by atoms with Crippen molar-refractivity contribution in [2.24, 2.45) is 0 Å². The summed E-state index contributed by atoms with van der Waals surface area (Å²) < 4.78 is 29.0. The van der Waals surface area contributed by atoms with Gasteiger partial charge in [-0.25, -0.2) is 8.42 Å². The molecular formula is C32H39Cl2N3O4S. The van der Waals surface area contributed by atoms with E-state index >= 15 is 0 Å². The van der Waals surface area contributed by atoms with Crippen LogP contribution in [0.1, 0.15) is 64.5 Å². The predicted molar refractivity (Wildman–Crippen MR) is 170 cm³/mol. The number of benzene rings is 3. The second-order valence-corrected chi connectivity index (χ2v) is 13.3. The topological polar surface area (TPSA) is 86.8 Å². The first kappa shape index (κ1) is 33.4. The number of nitrogens with one attached hydrogen (secondary N) is 1. The molecule has 2 amide bonds. The number of hydrogen-bond donors (Lipinski definition) is 1. The van der Waals surface area contributed by atoms with Gasteiger partial charge in [-0.05, 0) is 73.2 Å². The Balaban J connectivity index is 2.08. The van der Waals surface area contributed by atoms with Gasteiger partial charge in [-0.3, -0.25) is 13.9 Å². The molecule has 0 aliphatic rings. The van der Waals surface area contributed by atoms with E-state index < -0.39 is 28.5 Å². The molecule has 0 aliphatic carbocycles. The van der Waals surface area contributed by atoms with E-state index in [1.807, 2.05) is 46.8 Å². The third kappa shape index (κ3) is 8.27. The van der Waals surface area contributed by atoms with Crippen LogP contribution in [0.3, 0.4) is 0 Å². The SMILES string of the molecule is CC[C@H](C)NC(=O)[C@H](CC)N(Cc1ccc(Cl)cc1Cl)C(=O)CN(c1ccc(C(C)C)cc1)S(=O)(=O)c1ccccc1. The van der Waals surface area contributed by atoms with Crippen LogP contribution >= 0.6 is 23.2 Å². The van der Waals surface area contributed by atoms with E-state index in [1.165, 1.54) is 17.0 Å². The molecule has 0 saturated heterocycles. The van der Waals surface area contributed by atoms with E-state index in [1.54, 1.807) is 48.5 Å². The zero-order valence-electron chi connectivity index (χ0n) is 24.7. The summed E-state index contributed by atoms with van der Waals surface area (Å²) in [5, 5.41) is 3.75. The molecule has 7 nitrogen and oxygen atoms in total. The molecule has 3 aromatic carbocycles. The van der Waals surface area contributed by atoms with Gasteiger partial charge < -0.3 is 10.2 Å². The molecule has 0 spiro atoms. The van der Waals surface area contributed by atoms with Crippen molar-refractivity contribution < 1.29 is 18.0 Å². The number of carbonyl (C=O) groups is 2. The maximum atomic E-state index is 14.2. The molecule has 0 bridgehead atoms. The summed E-state index contributed by atoms with van der Waals surface area (Å²) in [5.74, 6) is -0.613. The van der Waals surface area contributed by atoms with E-state index in [-0.39, 0.29) is 29.3 Å². The molecule has 2 atom stereocenters. The van der Waals surface area contributed by atoms with Gasteiger partial charge in [0.1, 0.15) is 12.6 Å². The highest BCUT2D eigenvalue weighted by Crippen LogP contribution is 2.28. The number of amides is 2. The Kier molecular flexibility index (Phi) is 11.9. The number of halogens is 2. The Bertz CT molecular complexity index is 1460. The molecule has 42 heavy (non-hydrogen) atoms. The monoisotopic (exact) mass is 631 g/mol. The smallest absolute Gasteiger partial charge is 0.264 e. The minimum atomic E-state index is -4.14. The number of nitrogens with zero attached hydrogens (tertiary/aromatic N) is 2. The second-order valence-electron chi connectivity index (χ2n) is 10.6. The van der Waals surface area contributed by atoms with Crippen LogP contribution in [0.2, 0.25) is 10.0 Å². The Morgan fingerprint density at radius 2 is 1.52 bits per heavy atom. The van der Waals surface area contributed by atoms with Gasteiger partial charge in [0, 0.05) is 22.6 Å². The van der Waals surface area contributed by atoms with Crippen LogP contribution in [0.4, 0.5) is 5.69 Å². The number of hydrogen-bond acceptors (Lipinski definition) is 4. The van der Waals surface area contributed by atoms with Gasteiger partial charge in [-0.15, -0.1) is 0 Å². The molecule has 3 aromatic rings. The van der Waals surface area contributed by atoms with Gasteiger partial charge in [-0.1, -0.05) is 87.3 Å². The fourth-order valence-corrected chi connectivity index (χ4v) is 6.37. The van der Waals surface area contributed by atoms with E-state index in [9.17, 15) is 18.0 Å². The van der Waals surface area contributed by atoms with E-state index in [4.69, 9.17) is 23.2 Å². The van der Waals surface area contributed by atoms with Crippen LogP contribution in [0.15, 0.2) is 77.7 Å². The quantitative estimate of drug-likeness (QED) is 0.219. The minimum Gasteiger partial charge on any atom is -0.352 e.